The summed E-state index contributed by atoms with van der Waals surface area (Å²) in [5, 5.41) is 2.81. The third-order valence-electron chi connectivity index (χ3n) is 3.23. The van der Waals surface area contributed by atoms with Gasteiger partial charge in [-0.25, -0.2) is 0 Å². The van der Waals surface area contributed by atoms with Gasteiger partial charge in [-0.3, -0.25) is 4.79 Å². The summed E-state index contributed by atoms with van der Waals surface area (Å²) < 4.78 is 0. The summed E-state index contributed by atoms with van der Waals surface area (Å²) in [6.07, 6.45) is 0. The number of benzene rings is 2. The number of carbonyl (C=O) groups excluding carboxylic acids is 1. The van der Waals surface area contributed by atoms with Crippen molar-refractivity contribution in [3.05, 3.63) is 53.6 Å². The first kappa shape index (κ1) is 15.6. The fourth-order valence-corrected chi connectivity index (χ4v) is 2.78. The number of amides is 1. The highest BCUT2D eigenvalue weighted by Crippen LogP contribution is 2.30. The van der Waals surface area contributed by atoms with E-state index in [9.17, 15) is 4.79 Å². The number of hydrogen-bond acceptors (Lipinski definition) is 3. The molecule has 0 aliphatic carbocycles. The SMILES string of the molecule is Cc1ccc(Sc2cccc(NC(=O)C(C)N)c2)cc1C. The van der Waals surface area contributed by atoms with Gasteiger partial charge in [0.25, 0.3) is 0 Å². The molecule has 1 unspecified atom stereocenters. The molecule has 0 aromatic heterocycles. The molecule has 1 amide bonds. The van der Waals surface area contributed by atoms with Crippen molar-refractivity contribution in [3.8, 4) is 0 Å². The van der Waals surface area contributed by atoms with E-state index in [0.29, 0.717) is 0 Å². The third-order valence-corrected chi connectivity index (χ3v) is 4.21. The van der Waals surface area contributed by atoms with Crippen molar-refractivity contribution in [2.45, 2.75) is 36.6 Å². The molecule has 0 saturated carbocycles. The van der Waals surface area contributed by atoms with Crippen molar-refractivity contribution in [2.24, 2.45) is 5.73 Å². The zero-order valence-electron chi connectivity index (χ0n) is 12.5. The first-order chi connectivity index (χ1) is 9.95. The number of carbonyl (C=O) groups is 1. The second-order valence-corrected chi connectivity index (χ2v) is 6.30. The first-order valence-electron chi connectivity index (χ1n) is 6.87. The zero-order valence-corrected chi connectivity index (χ0v) is 13.3. The lowest BCUT2D eigenvalue weighted by Gasteiger charge is -2.10. The molecule has 2 rings (SSSR count). The predicted octanol–water partition coefficient (Wildman–Crippen LogP) is 3.74. The van der Waals surface area contributed by atoms with E-state index in [1.807, 2.05) is 24.3 Å². The summed E-state index contributed by atoms with van der Waals surface area (Å²) in [6, 6.07) is 13.7. The third kappa shape index (κ3) is 4.34. The quantitative estimate of drug-likeness (QED) is 0.904. The van der Waals surface area contributed by atoms with Crippen LogP contribution in [0.1, 0.15) is 18.1 Å². The molecular formula is C17H20N2OS. The van der Waals surface area contributed by atoms with Gasteiger partial charge in [-0.05, 0) is 62.2 Å². The second kappa shape index (κ2) is 6.78. The molecule has 0 spiro atoms. The highest BCUT2D eigenvalue weighted by atomic mass is 32.2. The van der Waals surface area contributed by atoms with Crippen LogP contribution in [0.3, 0.4) is 0 Å². The smallest absolute Gasteiger partial charge is 0.240 e. The van der Waals surface area contributed by atoms with Gasteiger partial charge in [0.2, 0.25) is 5.91 Å². The minimum absolute atomic E-state index is 0.177. The van der Waals surface area contributed by atoms with Crippen LogP contribution < -0.4 is 11.1 Å². The van der Waals surface area contributed by atoms with Crippen LogP contribution in [0.15, 0.2) is 52.3 Å². The minimum atomic E-state index is -0.513. The molecule has 21 heavy (non-hydrogen) atoms. The van der Waals surface area contributed by atoms with Gasteiger partial charge in [-0.15, -0.1) is 0 Å². The van der Waals surface area contributed by atoms with Crippen molar-refractivity contribution in [2.75, 3.05) is 5.32 Å². The van der Waals surface area contributed by atoms with Crippen LogP contribution in [0, 0.1) is 13.8 Å². The molecule has 4 heteroatoms. The van der Waals surface area contributed by atoms with E-state index in [1.54, 1.807) is 18.7 Å². The average molecular weight is 300 g/mol. The Morgan fingerprint density at radius 3 is 2.48 bits per heavy atom. The Bertz CT molecular complexity index is 653. The van der Waals surface area contributed by atoms with E-state index in [2.05, 4.69) is 37.4 Å². The van der Waals surface area contributed by atoms with Crippen LogP contribution in [0.25, 0.3) is 0 Å². The van der Waals surface area contributed by atoms with Crippen molar-refractivity contribution in [3.63, 3.8) is 0 Å². The highest BCUT2D eigenvalue weighted by molar-refractivity contribution is 7.99. The normalized spacial score (nSPS) is 12.0. The van der Waals surface area contributed by atoms with E-state index in [1.165, 1.54) is 16.0 Å². The van der Waals surface area contributed by atoms with E-state index in [4.69, 9.17) is 5.73 Å². The Balaban J connectivity index is 2.13. The van der Waals surface area contributed by atoms with Crippen LogP contribution in [0.5, 0.6) is 0 Å². The lowest BCUT2D eigenvalue weighted by atomic mass is 10.1. The Labute approximate surface area is 129 Å². The monoisotopic (exact) mass is 300 g/mol. The molecule has 2 aromatic rings. The van der Waals surface area contributed by atoms with Gasteiger partial charge in [0.1, 0.15) is 0 Å². The van der Waals surface area contributed by atoms with Crippen LogP contribution in [-0.2, 0) is 4.79 Å². The minimum Gasteiger partial charge on any atom is -0.325 e. The Hall–Kier alpha value is -1.78. The Morgan fingerprint density at radius 1 is 1.10 bits per heavy atom. The molecule has 0 radical (unpaired) electrons. The number of nitrogens with one attached hydrogen (secondary N) is 1. The van der Waals surface area contributed by atoms with Gasteiger partial charge < -0.3 is 11.1 Å². The molecule has 0 bridgehead atoms. The fraction of sp³-hybridized carbons (Fsp3) is 0.235. The summed E-state index contributed by atoms with van der Waals surface area (Å²) in [7, 11) is 0. The zero-order chi connectivity index (χ0) is 15.4. The maximum atomic E-state index is 11.6. The molecule has 0 aliphatic rings. The number of rotatable bonds is 4. The molecule has 110 valence electrons. The maximum absolute atomic E-state index is 11.6. The fourth-order valence-electron chi connectivity index (χ4n) is 1.81. The van der Waals surface area contributed by atoms with Crippen molar-refractivity contribution in [1.82, 2.24) is 0 Å². The molecule has 3 nitrogen and oxygen atoms in total. The first-order valence-corrected chi connectivity index (χ1v) is 7.69. The number of nitrogens with two attached hydrogens (primary N) is 1. The molecular weight excluding hydrogens is 280 g/mol. The Morgan fingerprint density at radius 2 is 1.81 bits per heavy atom. The van der Waals surface area contributed by atoms with Gasteiger partial charge in [0, 0.05) is 15.5 Å². The van der Waals surface area contributed by atoms with Gasteiger partial charge in [0.15, 0.2) is 0 Å². The van der Waals surface area contributed by atoms with Crippen LogP contribution >= 0.6 is 11.8 Å². The van der Waals surface area contributed by atoms with E-state index in [-0.39, 0.29) is 5.91 Å². The summed E-state index contributed by atoms with van der Waals surface area (Å²) in [5.41, 5.74) is 8.90. The molecule has 0 fully saturated rings. The number of hydrogen-bond donors (Lipinski definition) is 2. The van der Waals surface area contributed by atoms with Crippen LogP contribution in [0.4, 0.5) is 5.69 Å². The standard InChI is InChI=1S/C17H20N2OS/c1-11-7-8-16(9-12(11)2)21-15-6-4-5-14(10-15)19-17(20)13(3)18/h4-10,13H,18H2,1-3H3,(H,19,20). The molecule has 0 aliphatic heterocycles. The van der Waals surface area contributed by atoms with Crippen molar-refractivity contribution < 1.29 is 4.79 Å². The topological polar surface area (TPSA) is 55.1 Å². The number of anilines is 1. The van der Waals surface area contributed by atoms with Crippen LogP contribution in [0.2, 0.25) is 0 Å². The van der Waals surface area contributed by atoms with Gasteiger partial charge in [-0.2, -0.15) is 0 Å². The van der Waals surface area contributed by atoms with Gasteiger partial charge in [0.05, 0.1) is 6.04 Å². The average Bonchev–Trinajstić information content (AvgIpc) is 2.43. The van der Waals surface area contributed by atoms with E-state index in [0.717, 1.165) is 10.6 Å². The summed E-state index contributed by atoms with van der Waals surface area (Å²) >= 11 is 1.68. The Kier molecular flexibility index (Phi) is 5.04. The molecule has 0 saturated heterocycles. The van der Waals surface area contributed by atoms with Gasteiger partial charge >= 0.3 is 0 Å². The summed E-state index contributed by atoms with van der Waals surface area (Å²) in [6.45, 7) is 5.88. The predicted molar refractivity (Wildman–Crippen MR) is 88.8 cm³/mol. The summed E-state index contributed by atoms with van der Waals surface area (Å²) in [4.78, 5) is 13.9. The summed E-state index contributed by atoms with van der Waals surface area (Å²) in [5.74, 6) is -0.177. The maximum Gasteiger partial charge on any atom is 0.240 e. The second-order valence-electron chi connectivity index (χ2n) is 5.15. The molecule has 2 aromatic carbocycles. The lowest BCUT2D eigenvalue weighted by Crippen LogP contribution is -2.32. The molecule has 1 atom stereocenters. The lowest BCUT2D eigenvalue weighted by molar-refractivity contribution is -0.117. The van der Waals surface area contributed by atoms with Crippen molar-refractivity contribution in [1.29, 1.82) is 0 Å². The van der Waals surface area contributed by atoms with E-state index < -0.39 is 6.04 Å². The molecule has 0 heterocycles. The molecule has 3 N–H and O–H groups in total. The van der Waals surface area contributed by atoms with E-state index >= 15 is 0 Å². The highest BCUT2D eigenvalue weighted by Gasteiger charge is 2.08. The largest absolute Gasteiger partial charge is 0.325 e. The van der Waals surface area contributed by atoms with Gasteiger partial charge in [-0.1, -0.05) is 23.9 Å². The van der Waals surface area contributed by atoms with Crippen molar-refractivity contribution >= 4 is 23.4 Å². The number of aryl methyl sites for hydroxylation is 2. The van der Waals surface area contributed by atoms with Crippen LogP contribution in [-0.4, -0.2) is 11.9 Å².